The second kappa shape index (κ2) is 8.74. The Morgan fingerprint density at radius 3 is 2.72 bits per heavy atom. The summed E-state index contributed by atoms with van der Waals surface area (Å²) in [4.78, 5) is 23.9. The Balaban J connectivity index is 1.66. The van der Waals surface area contributed by atoms with Crippen molar-refractivity contribution in [3.8, 4) is 0 Å². The number of rotatable bonds is 5. The lowest BCUT2D eigenvalue weighted by molar-refractivity contribution is 0.0215. The number of hydrogen-bond donors (Lipinski definition) is 1. The molecule has 0 aliphatic carbocycles. The second-order valence-electron chi connectivity index (χ2n) is 7.29. The Bertz CT molecular complexity index is 546. The number of hydrogen-bond acceptors (Lipinski definition) is 5. The molecular weight excluding hydrogens is 316 g/mol. The number of aliphatic hydroxyl groups excluding tert-OH is 1. The van der Waals surface area contributed by atoms with Gasteiger partial charge in [-0.3, -0.25) is 14.7 Å². The molecule has 1 N–H and O–H groups in total. The van der Waals surface area contributed by atoms with Crippen LogP contribution in [-0.4, -0.2) is 89.7 Å². The third-order valence-corrected chi connectivity index (χ3v) is 5.60. The number of pyridine rings is 1. The summed E-state index contributed by atoms with van der Waals surface area (Å²) in [6, 6.07) is 6.01. The summed E-state index contributed by atoms with van der Waals surface area (Å²) in [5.41, 5.74) is 0.529. The summed E-state index contributed by atoms with van der Waals surface area (Å²) in [5.74, 6) is 0.461. The van der Waals surface area contributed by atoms with E-state index < -0.39 is 0 Å². The molecule has 3 heterocycles. The largest absolute Gasteiger partial charge is 0.396 e. The SMILES string of the molecule is CN1CCN([C@@H]2CCN(C(=O)c3ccccn3)C[C@@H]2CCCO)CC1. The van der Waals surface area contributed by atoms with Crippen LogP contribution in [0.4, 0.5) is 0 Å². The van der Waals surface area contributed by atoms with E-state index in [1.54, 1.807) is 12.3 Å². The van der Waals surface area contributed by atoms with Crippen LogP contribution in [0.2, 0.25) is 0 Å². The lowest BCUT2D eigenvalue weighted by Gasteiger charge is -2.46. The molecule has 0 unspecified atom stereocenters. The van der Waals surface area contributed by atoms with Crippen LogP contribution in [0.5, 0.6) is 0 Å². The zero-order valence-corrected chi connectivity index (χ0v) is 15.2. The third-order valence-electron chi connectivity index (χ3n) is 5.60. The van der Waals surface area contributed by atoms with Gasteiger partial charge in [0, 0.05) is 58.1 Å². The molecule has 0 radical (unpaired) electrons. The lowest BCUT2D eigenvalue weighted by atomic mass is 9.86. The predicted molar refractivity (Wildman–Crippen MR) is 97.4 cm³/mol. The monoisotopic (exact) mass is 346 g/mol. The van der Waals surface area contributed by atoms with Gasteiger partial charge < -0.3 is 14.9 Å². The van der Waals surface area contributed by atoms with Gasteiger partial charge in [0.2, 0.25) is 0 Å². The van der Waals surface area contributed by atoms with E-state index in [0.717, 1.165) is 58.5 Å². The molecule has 1 aromatic heterocycles. The van der Waals surface area contributed by atoms with Crippen LogP contribution in [0.15, 0.2) is 24.4 Å². The molecule has 0 bridgehead atoms. The molecule has 3 rings (SSSR count). The van der Waals surface area contributed by atoms with Crippen molar-refractivity contribution in [3.05, 3.63) is 30.1 Å². The number of piperidine rings is 1. The van der Waals surface area contributed by atoms with Crippen LogP contribution < -0.4 is 0 Å². The molecule has 1 amide bonds. The first-order valence-electron chi connectivity index (χ1n) is 9.43. The van der Waals surface area contributed by atoms with Crippen LogP contribution in [-0.2, 0) is 0 Å². The number of likely N-dealkylation sites (N-methyl/N-ethyl adjacent to an activating group) is 1. The summed E-state index contributed by atoms with van der Waals surface area (Å²) >= 11 is 0. The Morgan fingerprint density at radius 1 is 1.24 bits per heavy atom. The molecule has 6 nitrogen and oxygen atoms in total. The Labute approximate surface area is 150 Å². The van der Waals surface area contributed by atoms with Gasteiger partial charge in [-0.15, -0.1) is 0 Å². The van der Waals surface area contributed by atoms with Gasteiger partial charge in [-0.1, -0.05) is 6.07 Å². The van der Waals surface area contributed by atoms with Gasteiger partial charge in [-0.05, 0) is 44.4 Å². The first-order valence-corrected chi connectivity index (χ1v) is 9.43. The third kappa shape index (κ3) is 4.57. The van der Waals surface area contributed by atoms with E-state index in [2.05, 4.69) is 21.8 Å². The Morgan fingerprint density at radius 2 is 2.04 bits per heavy atom. The molecule has 2 fully saturated rings. The molecule has 1 aromatic rings. The van der Waals surface area contributed by atoms with Gasteiger partial charge in [-0.2, -0.15) is 0 Å². The number of carbonyl (C=O) groups excluding carboxylic acids is 1. The van der Waals surface area contributed by atoms with Crippen LogP contribution in [0, 0.1) is 5.92 Å². The van der Waals surface area contributed by atoms with Gasteiger partial charge in [0.1, 0.15) is 5.69 Å². The minimum Gasteiger partial charge on any atom is -0.396 e. The fourth-order valence-electron chi connectivity index (χ4n) is 4.13. The summed E-state index contributed by atoms with van der Waals surface area (Å²) in [5, 5.41) is 9.27. The van der Waals surface area contributed by atoms with Crippen molar-refractivity contribution >= 4 is 5.91 Å². The highest BCUT2D eigenvalue weighted by molar-refractivity contribution is 5.92. The number of carbonyl (C=O) groups is 1. The molecule has 2 aliphatic heterocycles. The van der Waals surface area contributed by atoms with Crippen LogP contribution in [0.3, 0.4) is 0 Å². The number of likely N-dealkylation sites (tertiary alicyclic amines) is 1. The van der Waals surface area contributed by atoms with Gasteiger partial charge in [0.25, 0.3) is 5.91 Å². The van der Waals surface area contributed by atoms with Gasteiger partial charge in [0.05, 0.1) is 0 Å². The highest BCUT2D eigenvalue weighted by Crippen LogP contribution is 2.27. The minimum absolute atomic E-state index is 0.0337. The van der Waals surface area contributed by atoms with Gasteiger partial charge in [0.15, 0.2) is 0 Å². The van der Waals surface area contributed by atoms with E-state index in [9.17, 15) is 9.90 Å². The van der Waals surface area contributed by atoms with Crippen molar-refractivity contribution in [3.63, 3.8) is 0 Å². The smallest absolute Gasteiger partial charge is 0.272 e. The highest BCUT2D eigenvalue weighted by Gasteiger charge is 2.35. The first kappa shape index (κ1) is 18.3. The maximum Gasteiger partial charge on any atom is 0.272 e. The quantitative estimate of drug-likeness (QED) is 0.860. The molecule has 0 aromatic carbocycles. The summed E-state index contributed by atoms with van der Waals surface area (Å²) in [6.07, 6.45) is 4.46. The van der Waals surface area contributed by atoms with Crippen LogP contribution in [0.25, 0.3) is 0 Å². The minimum atomic E-state index is 0.0337. The van der Waals surface area contributed by atoms with Crippen molar-refractivity contribution in [2.45, 2.75) is 25.3 Å². The molecule has 6 heteroatoms. The van der Waals surface area contributed by atoms with Crippen molar-refractivity contribution in [1.29, 1.82) is 0 Å². The van der Waals surface area contributed by atoms with Crippen molar-refractivity contribution in [2.75, 3.05) is 52.9 Å². The summed E-state index contributed by atoms with van der Waals surface area (Å²) < 4.78 is 0. The zero-order valence-electron chi connectivity index (χ0n) is 15.2. The molecule has 2 atom stereocenters. The summed E-state index contributed by atoms with van der Waals surface area (Å²) in [6.45, 7) is 6.21. The lowest BCUT2D eigenvalue weighted by Crippen LogP contribution is -2.57. The second-order valence-corrected chi connectivity index (χ2v) is 7.29. The highest BCUT2D eigenvalue weighted by atomic mass is 16.3. The first-order chi connectivity index (χ1) is 12.2. The fraction of sp³-hybridized carbons (Fsp3) is 0.684. The Kier molecular flexibility index (Phi) is 6.39. The number of aliphatic hydroxyl groups is 1. The molecule has 138 valence electrons. The molecule has 0 spiro atoms. The molecular formula is C19H30N4O2. The molecule has 2 aliphatic rings. The van der Waals surface area contributed by atoms with Gasteiger partial charge >= 0.3 is 0 Å². The average molecular weight is 346 g/mol. The molecule has 25 heavy (non-hydrogen) atoms. The van der Waals surface area contributed by atoms with E-state index in [4.69, 9.17) is 0 Å². The van der Waals surface area contributed by atoms with E-state index in [0.29, 0.717) is 17.7 Å². The van der Waals surface area contributed by atoms with Crippen LogP contribution >= 0.6 is 0 Å². The van der Waals surface area contributed by atoms with Crippen molar-refractivity contribution < 1.29 is 9.90 Å². The summed E-state index contributed by atoms with van der Waals surface area (Å²) in [7, 11) is 2.18. The maximum absolute atomic E-state index is 12.7. The van der Waals surface area contributed by atoms with Gasteiger partial charge in [-0.25, -0.2) is 0 Å². The standard InChI is InChI=1S/C19H30N4O2/c1-21-10-12-22(13-11-21)18-7-9-23(15-16(18)5-4-14-24)19(25)17-6-2-3-8-20-17/h2-3,6,8,16,18,24H,4-5,7,9-15H2,1H3/t16-,18+/m0/s1. The predicted octanol–water partition coefficient (Wildman–Crippen LogP) is 0.932. The molecule has 2 saturated heterocycles. The number of amides is 1. The molecule has 0 saturated carbocycles. The number of nitrogens with zero attached hydrogens (tertiary/aromatic N) is 4. The average Bonchev–Trinajstić information content (AvgIpc) is 2.67. The fourth-order valence-corrected chi connectivity index (χ4v) is 4.13. The van der Waals surface area contributed by atoms with Crippen molar-refractivity contribution in [1.82, 2.24) is 19.7 Å². The topological polar surface area (TPSA) is 59.9 Å². The normalized spacial score (nSPS) is 25.9. The van der Waals surface area contributed by atoms with E-state index in [1.165, 1.54) is 0 Å². The van der Waals surface area contributed by atoms with Crippen molar-refractivity contribution in [2.24, 2.45) is 5.92 Å². The zero-order chi connectivity index (χ0) is 17.6. The maximum atomic E-state index is 12.7. The number of aromatic nitrogens is 1. The Hall–Kier alpha value is -1.50. The van der Waals surface area contributed by atoms with Crippen LogP contribution in [0.1, 0.15) is 29.8 Å². The van der Waals surface area contributed by atoms with E-state index in [1.807, 2.05) is 17.0 Å². The van der Waals surface area contributed by atoms with E-state index >= 15 is 0 Å². The number of piperazine rings is 1. The van der Waals surface area contributed by atoms with E-state index in [-0.39, 0.29) is 12.5 Å².